The van der Waals surface area contributed by atoms with E-state index in [0.29, 0.717) is 19.8 Å². The van der Waals surface area contributed by atoms with Crippen LogP contribution in [0.3, 0.4) is 0 Å². The van der Waals surface area contributed by atoms with Crippen LogP contribution in [0.2, 0.25) is 0 Å². The van der Waals surface area contributed by atoms with Crippen molar-refractivity contribution in [3.05, 3.63) is 76.9 Å². The lowest BCUT2D eigenvalue weighted by Crippen LogP contribution is -2.40. The Morgan fingerprint density at radius 3 is 2.38 bits per heavy atom. The molecule has 0 bridgehead atoms. The first-order valence-electron chi connectivity index (χ1n) is 10.6. The van der Waals surface area contributed by atoms with Gasteiger partial charge in [0, 0.05) is 13.1 Å². The first-order chi connectivity index (χ1) is 14.2. The summed E-state index contributed by atoms with van der Waals surface area (Å²) in [7, 11) is 0. The van der Waals surface area contributed by atoms with Gasteiger partial charge in [0.05, 0.1) is 19.1 Å². The molecular weight excluding hydrogens is 362 g/mol. The van der Waals surface area contributed by atoms with Crippen LogP contribution in [0.1, 0.15) is 35.1 Å². The van der Waals surface area contributed by atoms with E-state index in [4.69, 9.17) is 4.74 Å². The Morgan fingerprint density at radius 1 is 1.07 bits per heavy atom. The normalized spacial score (nSPS) is 19.2. The number of hydrogen-bond donors (Lipinski definition) is 1. The summed E-state index contributed by atoms with van der Waals surface area (Å²) in [6.45, 7) is 3.59. The molecule has 0 amide bonds. The quantitative estimate of drug-likeness (QED) is 0.756. The fraction of sp³-hybridized carbons (Fsp3) is 0.400. The van der Waals surface area contributed by atoms with Crippen molar-refractivity contribution in [2.24, 2.45) is 5.92 Å². The smallest absolute Gasteiger partial charge is 0.307 e. The second kappa shape index (κ2) is 9.38. The zero-order chi connectivity index (χ0) is 20.1. The van der Waals surface area contributed by atoms with Crippen molar-refractivity contribution in [1.82, 2.24) is 4.90 Å². The monoisotopic (exact) mass is 391 g/mol. The lowest BCUT2D eigenvalue weighted by Gasteiger charge is -2.30. The molecule has 0 spiro atoms. The highest BCUT2D eigenvalue weighted by Crippen LogP contribution is 2.33. The summed E-state index contributed by atoms with van der Waals surface area (Å²) in [5.74, 6) is -0.907. The predicted octanol–water partition coefficient (Wildman–Crippen LogP) is 4.03. The molecule has 1 N–H and O–H groups in total. The number of benzene rings is 2. The molecule has 2 aliphatic rings. The van der Waals surface area contributed by atoms with Crippen molar-refractivity contribution < 1.29 is 14.6 Å². The highest BCUT2D eigenvalue weighted by molar-refractivity contribution is 5.84. The van der Waals surface area contributed by atoms with Gasteiger partial charge in [-0.05, 0) is 60.1 Å². The van der Waals surface area contributed by atoms with Crippen molar-refractivity contribution in [3.63, 3.8) is 0 Å². The van der Waals surface area contributed by atoms with E-state index >= 15 is 0 Å². The molecule has 1 fully saturated rings. The molecule has 2 aromatic rings. The van der Waals surface area contributed by atoms with Gasteiger partial charge in [0.2, 0.25) is 0 Å². The molecule has 1 heterocycles. The van der Waals surface area contributed by atoms with E-state index in [-0.39, 0.29) is 5.92 Å². The summed E-state index contributed by atoms with van der Waals surface area (Å²) in [5.41, 5.74) is 6.66. The zero-order valence-corrected chi connectivity index (χ0v) is 16.8. The van der Waals surface area contributed by atoms with Crippen LogP contribution in [0.5, 0.6) is 0 Å². The standard InChI is InChI=1S/C25H29NO3/c27-25(28)21-8-5-14-26(18-21)15-17-29-16-13-24-22-9-3-1-6-19(22)11-12-20-7-2-4-10-23(20)24/h1-4,6-7,9-10,13,21H,5,8,11-12,14-18H2,(H,27,28)/t21-/m0/s1. The number of rotatable bonds is 6. The topological polar surface area (TPSA) is 49.8 Å². The van der Waals surface area contributed by atoms with Gasteiger partial charge in [-0.25, -0.2) is 0 Å². The molecular formula is C25H29NO3. The molecule has 1 saturated heterocycles. The lowest BCUT2D eigenvalue weighted by molar-refractivity contribution is -0.143. The van der Waals surface area contributed by atoms with Crippen LogP contribution in [-0.2, 0) is 22.4 Å². The molecule has 4 heteroatoms. The van der Waals surface area contributed by atoms with Gasteiger partial charge >= 0.3 is 5.97 Å². The Kier molecular flexibility index (Phi) is 6.43. The molecule has 1 atom stereocenters. The van der Waals surface area contributed by atoms with Gasteiger partial charge in [-0.1, -0.05) is 54.6 Å². The number of carboxylic acid groups (broad SMARTS) is 1. The van der Waals surface area contributed by atoms with Crippen LogP contribution in [0.25, 0.3) is 5.57 Å². The van der Waals surface area contributed by atoms with E-state index in [1.165, 1.54) is 27.8 Å². The average Bonchev–Trinajstić information content (AvgIpc) is 2.91. The Morgan fingerprint density at radius 2 is 1.72 bits per heavy atom. The second-order valence-electron chi connectivity index (χ2n) is 7.99. The van der Waals surface area contributed by atoms with Gasteiger partial charge in [-0.3, -0.25) is 4.79 Å². The minimum Gasteiger partial charge on any atom is -0.481 e. The maximum absolute atomic E-state index is 11.2. The van der Waals surface area contributed by atoms with Gasteiger partial charge < -0.3 is 14.7 Å². The minimum absolute atomic E-state index is 0.232. The molecule has 1 aliphatic carbocycles. The summed E-state index contributed by atoms with van der Waals surface area (Å²) < 4.78 is 5.94. The summed E-state index contributed by atoms with van der Waals surface area (Å²) in [5, 5.41) is 9.23. The minimum atomic E-state index is -0.675. The number of aliphatic carboxylic acids is 1. The van der Waals surface area contributed by atoms with Gasteiger partial charge in [-0.15, -0.1) is 0 Å². The highest BCUT2D eigenvalue weighted by atomic mass is 16.5. The number of carboxylic acids is 1. The third-order valence-electron chi connectivity index (χ3n) is 6.09. The summed E-state index contributed by atoms with van der Waals surface area (Å²) >= 11 is 0. The average molecular weight is 392 g/mol. The van der Waals surface area contributed by atoms with Crippen molar-refractivity contribution in [2.75, 3.05) is 32.8 Å². The van der Waals surface area contributed by atoms with Crippen LogP contribution >= 0.6 is 0 Å². The molecule has 152 valence electrons. The number of likely N-dealkylation sites (tertiary alicyclic amines) is 1. The van der Waals surface area contributed by atoms with E-state index < -0.39 is 5.97 Å². The number of piperidine rings is 1. The van der Waals surface area contributed by atoms with E-state index in [9.17, 15) is 9.90 Å². The van der Waals surface area contributed by atoms with Gasteiger partial charge in [-0.2, -0.15) is 0 Å². The third-order valence-corrected chi connectivity index (χ3v) is 6.09. The maximum atomic E-state index is 11.2. The van der Waals surface area contributed by atoms with Crippen LogP contribution in [0.4, 0.5) is 0 Å². The number of hydrogen-bond acceptors (Lipinski definition) is 3. The SMILES string of the molecule is O=C(O)[C@H]1CCCN(CCOCC=C2c3ccccc3CCc3ccccc32)C1. The van der Waals surface area contributed by atoms with Crippen molar-refractivity contribution in [1.29, 1.82) is 0 Å². The molecule has 0 saturated carbocycles. The molecule has 0 unspecified atom stereocenters. The van der Waals surface area contributed by atoms with Gasteiger partial charge in [0.15, 0.2) is 0 Å². The number of nitrogens with zero attached hydrogens (tertiary/aromatic N) is 1. The number of fused-ring (bicyclic) bond motifs is 2. The summed E-state index contributed by atoms with van der Waals surface area (Å²) in [6.07, 6.45) is 6.07. The molecule has 1 aliphatic heterocycles. The summed E-state index contributed by atoms with van der Waals surface area (Å²) in [6, 6.07) is 17.3. The fourth-order valence-electron chi connectivity index (χ4n) is 4.52. The molecule has 0 aromatic heterocycles. The van der Waals surface area contributed by atoms with Crippen molar-refractivity contribution in [2.45, 2.75) is 25.7 Å². The van der Waals surface area contributed by atoms with E-state index in [1.54, 1.807) is 0 Å². The second-order valence-corrected chi connectivity index (χ2v) is 7.99. The Bertz CT molecular complexity index is 840. The zero-order valence-electron chi connectivity index (χ0n) is 16.8. The summed E-state index contributed by atoms with van der Waals surface area (Å²) in [4.78, 5) is 13.4. The number of ether oxygens (including phenoxy) is 1. The van der Waals surface area contributed by atoms with Crippen LogP contribution < -0.4 is 0 Å². The van der Waals surface area contributed by atoms with Crippen LogP contribution in [0, 0.1) is 5.92 Å². The lowest BCUT2D eigenvalue weighted by atomic mass is 9.94. The van der Waals surface area contributed by atoms with Crippen LogP contribution in [0.15, 0.2) is 54.6 Å². The maximum Gasteiger partial charge on any atom is 0.307 e. The van der Waals surface area contributed by atoms with Crippen molar-refractivity contribution in [3.8, 4) is 0 Å². The Labute approximate surface area is 172 Å². The largest absolute Gasteiger partial charge is 0.481 e. The molecule has 2 aromatic carbocycles. The van der Waals surface area contributed by atoms with E-state index in [2.05, 4.69) is 59.5 Å². The van der Waals surface area contributed by atoms with E-state index in [1.807, 2.05) is 0 Å². The number of aryl methyl sites for hydroxylation is 2. The van der Waals surface area contributed by atoms with Crippen LogP contribution in [-0.4, -0.2) is 48.8 Å². The third kappa shape index (κ3) is 4.77. The molecule has 0 radical (unpaired) electrons. The fourth-order valence-corrected chi connectivity index (χ4v) is 4.52. The molecule has 4 nitrogen and oxygen atoms in total. The van der Waals surface area contributed by atoms with Gasteiger partial charge in [0.25, 0.3) is 0 Å². The Balaban J connectivity index is 1.40. The molecule has 29 heavy (non-hydrogen) atoms. The van der Waals surface area contributed by atoms with Crippen molar-refractivity contribution >= 4 is 11.5 Å². The molecule has 4 rings (SSSR count). The van der Waals surface area contributed by atoms with E-state index in [0.717, 1.165) is 38.8 Å². The van der Waals surface area contributed by atoms with Gasteiger partial charge in [0.1, 0.15) is 0 Å². The predicted molar refractivity (Wildman–Crippen MR) is 115 cm³/mol. The first kappa shape index (κ1) is 19.9. The number of carbonyl (C=O) groups is 1. The Hall–Kier alpha value is -2.43. The first-order valence-corrected chi connectivity index (χ1v) is 10.6. The highest BCUT2D eigenvalue weighted by Gasteiger charge is 2.24.